The van der Waals surface area contributed by atoms with Crippen LogP contribution in [0.25, 0.3) is 0 Å². The summed E-state index contributed by atoms with van der Waals surface area (Å²) in [6.45, 7) is 2.17. The number of rotatable bonds is 5. The zero-order chi connectivity index (χ0) is 14.5. The largest absolute Gasteiger partial charge is 0.496 e. The number of likely N-dealkylation sites (tertiary alicyclic amines) is 1. The van der Waals surface area contributed by atoms with Gasteiger partial charge in [0.15, 0.2) is 0 Å². The lowest BCUT2D eigenvalue weighted by molar-refractivity contribution is -0.125. The standard InChI is InChI=1S/C15H23N3O2/c1-17-15(19)13-4-3-7-18(13)10-12-8-11(9-16)5-6-14(12)20-2/h5-6,8,13H,3-4,7,9-10,16H2,1-2H3,(H,17,19). The van der Waals surface area contributed by atoms with Crippen molar-refractivity contribution in [2.45, 2.75) is 32.0 Å². The Morgan fingerprint density at radius 2 is 2.35 bits per heavy atom. The Labute approximate surface area is 120 Å². The minimum absolute atomic E-state index is 0.0359. The van der Waals surface area contributed by atoms with E-state index in [0.29, 0.717) is 6.54 Å². The van der Waals surface area contributed by atoms with Gasteiger partial charge in [-0.3, -0.25) is 9.69 Å². The Kier molecular flexibility index (Phi) is 4.98. The molecular formula is C15H23N3O2. The highest BCUT2D eigenvalue weighted by Crippen LogP contribution is 2.26. The maximum atomic E-state index is 11.9. The van der Waals surface area contributed by atoms with Crippen molar-refractivity contribution in [1.29, 1.82) is 0 Å². The summed E-state index contributed by atoms with van der Waals surface area (Å²) >= 11 is 0. The van der Waals surface area contributed by atoms with E-state index in [1.54, 1.807) is 14.2 Å². The Morgan fingerprint density at radius 3 is 3.00 bits per heavy atom. The van der Waals surface area contributed by atoms with Crippen molar-refractivity contribution >= 4 is 5.91 Å². The smallest absolute Gasteiger partial charge is 0.237 e. The molecule has 1 aliphatic rings. The summed E-state index contributed by atoms with van der Waals surface area (Å²) in [4.78, 5) is 14.1. The minimum Gasteiger partial charge on any atom is -0.496 e. The molecule has 5 heteroatoms. The summed E-state index contributed by atoms with van der Waals surface area (Å²) in [5, 5.41) is 2.74. The summed E-state index contributed by atoms with van der Waals surface area (Å²) < 4.78 is 5.41. The van der Waals surface area contributed by atoms with Gasteiger partial charge in [0, 0.05) is 25.7 Å². The molecule has 0 radical (unpaired) electrons. The van der Waals surface area contributed by atoms with Gasteiger partial charge in [-0.25, -0.2) is 0 Å². The van der Waals surface area contributed by atoms with Gasteiger partial charge >= 0.3 is 0 Å². The van der Waals surface area contributed by atoms with E-state index in [1.165, 1.54) is 0 Å². The molecule has 1 unspecified atom stereocenters. The van der Waals surface area contributed by atoms with E-state index in [2.05, 4.69) is 16.3 Å². The van der Waals surface area contributed by atoms with Crippen LogP contribution in [0.1, 0.15) is 24.0 Å². The van der Waals surface area contributed by atoms with E-state index >= 15 is 0 Å². The summed E-state index contributed by atoms with van der Waals surface area (Å²) in [5.74, 6) is 0.946. The molecule has 1 aromatic carbocycles. The molecule has 1 heterocycles. The van der Waals surface area contributed by atoms with Crippen LogP contribution in [-0.4, -0.2) is 37.6 Å². The quantitative estimate of drug-likeness (QED) is 0.838. The second-order valence-corrected chi connectivity index (χ2v) is 5.09. The third-order valence-corrected chi connectivity index (χ3v) is 3.87. The molecule has 0 aliphatic carbocycles. The van der Waals surface area contributed by atoms with Crippen molar-refractivity contribution in [3.8, 4) is 5.75 Å². The molecule has 1 fully saturated rings. The van der Waals surface area contributed by atoms with E-state index in [4.69, 9.17) is 10.5 Å². The van der Waals surface area contributed by atoms with Crippen molar-refractivity contribution in [3.63, 3.8) is 0 Å². The molecule has 5 nitrogen and oxygen atoms in total. The summed E-state index contributed by atoms with van der Waals surface area (Å²) in [7, 11) is 3.36. The van der Waals surface area contributed by atoms with Gasteiger partial charge in [-0.2, -0.15) is 0 Å². The number of nitrogens with two attached hydrogens (primary N) is 1. The van der Waals surface area contributed by atoms with Crippen LogP contribution in [0.4, 0.5) is 0 Å². The lowest BCUT2D eigenvalue weighted by atomic mass is 10.1. The molecule has 110 valence electrons. The lowest BCUT2D eigenvalue weighted by Crippen LogP contribution is -2.41. The number of methoxy groups -OCH3 is 1. The van der Waals surface area contributed by atoms with E-state index < -0.39 is 0 Å². The van der Waals surface area contributed by atoms with Crippen LogP contribution in [0.15, 0.2) is 18.2 Å². The van der Waals surface area contributed by atoms with Crippen LogP contribution in [0.2, 0.25) is 0 Å². The van der Waals surface area contributed by atoms with Gasteiger partial charge < -0.3 is 15.8 Å². The fourth-order valence-electron chi connectivity index (χ4n) is 2.78. The molecule has 3 N–H and O–H groups in total. The molecule has 1 aliphatic heterocycles. The highest BCUT2D eigenvalue weighted by atomic mass is 16.5. The third-order valence-electron chi connectivity index (χ3n) is 3.87. The first-order valence-electron chi connectivity index (χ1n) is 7.01. The number of carbonyl (C=O) groups is 1. The van der Waals surface area contributed by atoms with Crippen LogP contribution < -0.4 is 15.8 Å². The number of carbonyl (C=O) groups excluding carboxylic acids is 1. The molecule has 2 rings (SSSR count). The fraction of sp³-hybridized carbons (Fsp3) is 0.533. The monoisotopic (exact) mass is 277 g/mol. The first-order chi connectivity index (χ1) is 9.69. The SMILES string of the molecule is CNC(=O)C1CCCN1Cc1cc(CN)ccc1OC. The van der Waals surface area contributed by atoms with E-state index in [9.17, 15) is 4.79 Å². The topological polar surface area (TPSA) is 67.6 Å². The normalized spacial score (nSPS) is 19.1. The second-order valence-electron chi connectivity index (χ2n) is 5.09. The predicted octanol–water partition coefficient (Wildman–Crippen LogP) is 0.864. The maximum absolute atomic E-state index is 11.9. The molecule has 0 aromatic heterocycles. The zero-order valence-electron chi connectivity index (χ0n) is 12.2. The second kappa shape index (κ2) is 6.72. The Hall–Kier alpha value is -1.59. The van der Waals surface area contributed by atoms with Gasteiger partial charge in [0.2, 0.25) is 5.91 Å². The van der Waals surface area contributed by atoms with Crippen LogP contribution in [0.3, 0.4) is 0 Å². The number of benzene rings is 1. The highest BCUT2D eigenvalue weighted by Gasteiger charge is 2.30. The zero-order valence-corrected chi connectivity index (χ0v) is 12.2. The van der Waals surface area contributed by atoms with Crippen molar-refractivity contribution < 1.29 is 9.53 Å². The maximum Gasteiger partial charge on any atom is 0.237 e. The molecule has 1 saturated heterocycles. The first kappa shape index (κ1) is 14.8. The summed E-state index contributed by atoms with van der Waals surface area (Å²) in [6.07, 6.45) is 1.97. The lowest BCUT2D eigenvalue weighted by Gasteiger charge is -2.24. The van der Waals surface area contributed by atoms with Crippen LogP contribution in [0, 0.1) is 0 Å². The van der Waals surface area contributed by atoms with Crippen molar-refractivity contribution in [2.24, 2.45) is 5.73 Å². The van der Waals surface area contributed by atoms with Gasteiger partial charge in [0.1, 0.15) is 5.75 Å². The van der Waals surface area contributed by atoms with Gasteiger partial charge in [0.25, 0.3) is 0 Å². The molecule has 1 amide bonds. The molecule has 0 bridgehead atoms. The summed E-state index contributed by atoms with van der Waals surface area (Å²) in [6, 6.07) is 5.95. The average Bonchev–Trinajstić information content (AvgIpc) is 2.94. The number of amides is 1. The Bertz CT molecular complexity index is 476. The minimum atomic E-state index is -0.0359. The highest BCUT2D eigenvalue weighted by molar-refractivity contribution is 5.81. The molecule has 20 heavy (non-hydrogen) atoms. The Morgan fingerprint density at radius 1 is 1.55 bits per heavy atom. The van der Waals surface area contributed by atoms with Crippen LogP contribution in [-0.2, 0) is 17.9 Å². The van der Waals surface area contributed by atoms with E-state index in [1.807, 2.05) is 12.1 Å². The summed E-state index contributed by atoms with van der Waals surface area (Å²) in [5.41, 5.74) is 7.87. The average molecular weight is 277 g/mol. The molecule has 1 aromatic rings. The number of nitrogens with zero attached hydrogens (tertiary/aromatic N) is 1. The van der Waals surface area contributed by atoms with Crippen molar-refractivity contribution in [3.05, 3.63) is 29.3 Å². The van der Waals surface area contributed by atoms with E-state index in [0.717, 1.165) is 42.8 Å². The Balaban J connectivity index is 2.17. The number of likely N-dealkylation sites (N-methyl/N-ethyl adjacent to an activating group) is 1. The van der Waals surface area contributed by atoms with Gasteiger partial charge in [-0.15, -0.1) is 0 Å². The molecule has 0 spiro atoms. The van der Waals surface area contributed by atoms with Gasteiger partial charge in [-0.05, 0) is 37.1 Å². The molecule has 1 atom stereocenters. The van der Waals surface area contributed by atoms with Gasteiger partial charge in [-0.1, -0.05) is 6.07 Å². The molecular weight excluding hydrogens is 254 g/mol. The van der Waals surface area contributed by atoms with Crippen LogP contribution in [0.5, 0.6) is 5.75 Å². The fourth-order valence-corrected chi connectivity index (χ4v) is 2.78. The third kappa shape index (κ3) is 3.11. The van der Waals surface area contributed by atoms with Crippen molar-refractivity contribution in [1.82, 2.24) is 10.2 Å². The van der Waals surface area contributed by atoms with E-state index in [-0.39, 0.29) is 11.9 Å². The number of nitrogens with one attached hydrogen (secondary N) is 1. The van der Waals surface area contributed by atoms with Crippen molar-refractivity contribution in [2.75, 3.05) is 20.7 Å². The number of ether oxygens (including phenoxy) is 1. The number of hydrogen-bond acceptors (Lipinski definition) is 4. The number of hydrogen-bond donors (Lipinski definition) is 2. The molecule has 0 saturated carbocycles. The van der Waals surface area contributed by atoms with Gasteiger partial charge in [0.05, 0.1) is 13.2 Å². The predicted molar refractivity (Wildman–Crippen MR) is 78.4 cm³/mol. The first-order valence-corrected chi connectivity index (χ1v) is 7.01. The van der Waals surface area contributed by atoms with Crippen LogP contribution >= 0.6 is 0 Å².